The van der Waals surface area contributed by atoms with Crippen LogP contribution in [0.2, 0.25) is 0 Å². The summed E-state index contributed by atoms with van der Waals surface area (Å²) < 4.78 is 0. The van der Waals surface area contributed by atoms with E-state index < -0.39 is 6.29 Å². The maximum Gasteiger partial charge on any atom is 0.159 e. The molecule has 21 heavy (non-hydrogen) atoms. The first-order chi connectivity index (χ1) is 10.0. The number of aliphatic hydroxyl groups excluding tert-OH is 1. The lowest BCUT2D eigenvalue weighted by molar-refractivity contribution is -0.118. The van der Waals surface area contributed by atoms with Gasteiger partial charge in [0, 0.05) is 18.8 Å². The van der Waals surface area contributed by atoms with Gasteiger partial charge in [0.05, 0.1) is 0 Å². The van der Waals surface area contributed by atoms with Crippen LogP contribution in [-0.4, -0.2) is 28.1 Å². The topological polar surface area (TPSA) is 74.6 Å². The van der Waals surface area contributed by atoms with E-state index in [0.717, 1.165) is 11.1 Å². The van der Waals surface area contributed by atoms with Crippen molar-refractivity contribution < 1.29 is 19.8 Å². The predicted octanol–water partition coefficient (Wildman–Crippen LogP) is 1.58. The third-order valence-electron chi connectivity index (χ3n) is 3.74. The summed E-state index contributed by atoms with van der Waals surface area (Å²) in [4.78, 5) is 23.3. The molecule has 1 aromatic carbocycles. The van der Waals surface area contributed by atoms with Crippen molar-refractivity contribution in [3.63, 3.8) is 0 Å². The van der Waals surface area contributed by atoms with Gasteiger partial charge in [-0.3, -0.25) is 9.59 Å². The Bertz CT molecular complexity index is 545. The van der Waals surface area contributed by atoms with Crippen LogP contribution in [0.25, 0.3) is 0 Å². The van der Waals surface area contributed by atoms with Crippen molar-refractivity contribution in [2.24, 2.45) is 5.92 Å². The molecule has 0 heterocycles. The van der Waals surface area contributed by atoms with Gasteiger partial charge in [0.1, 0.15) is 0 Å². The molecule has 0 aromatic heterocycles. The molecule has 0 amide bonds. The second-order valence-corrected chi connectivity index (χ2v) is 5.48. The zero-order valence-corrected chi connectivity index (χ0v) is 11.9. The standard InChI is InChI=1S/C17H20O4/c18-15-6-5-14(16(19)8-7-15)11-13-3-1-2-12(10-13)4-9-17(20)21/h1-3,7-8,10,14,17,20-21H,4-6,9,11H2. The number of carbonyl (C=O) groups excluding carboxylic acids is 2. The van der Waals surface area contributed by atoms with Gasteiger partial charge < -0.3 is 10.2 Å². The maximum atomic E-state index is 12.0. The number of hydrogen-bond donors (Lipinski definition) is 2. The number of aliphatic hydroxyl groups is 2. The van der Waals surface area contributed by atoms with Gasteiger partial charge in [0.25, 0.3) is 0 Å². The molecule has 1 unspecified atom stereocenters. The van der Waals surface area contributed by atoms with Gasteiger partial charge in [-0.25, -0.2) is 0 Å². The third-order valence-corrected chi connectivity index (χ3v) is 3.74. The van der Waals surface area contributed by atoms with Crippen molar-refractivity contribution in [3.8, 4) is 0 Å². The van der Waals surface area contributed by atoms with Crippen molar-refractivity contribution in [1.82, 2.24) is 0 Å². The Kier molecular flexibility index (Phi) is 5.42. The van der Waals surface area contributed by atoms with E-state index in [1.165, 1.54) is 12.2 Å². The molecule has 1 atom stereocenters. The lowest BCUT2D eigenvalue weighted by atomic mass is 9.91. The van der Waals surface area contributed by atoms with E-state index in [2.05, 4.69) is 0 Å². The zero-order valence-electron chi connectivity index (χ0n) is 11.9. The molecule has 0 fully saturated rings. The monoisotopic (exact) mass is 288 g/mol. The SMILES string of the molecule is O=C1C=CC(=O)C(Cc2cccc(CCC(O)O)c2)CC1. The van der Waals surface area contributed by atoms with Crippen LogP contribution in [0.3, 0.4) is 0 Å². The van der Waals surface area contributed by atoms with Crippen LogP contribution in [0.5, 0.6) is 0 Å². The van der Waals surface area contributed by atoms with Crippen LogP contribution in [0.1, 0.15) is 30.4 Å². The molecule has 112 valence electrons. The van der Waals surface area contributed by atoms with Crippen LogP contribution in [0.4, 0.5) is 0 Å². The van der Waals surface area contributed by atoms with Crippen LogP contribution in [-0.2, 0) is 22.4 Å². The Morgan fingerprint density at radius 3 is 2.67 bits per heavy atom. The largest absolute Gasteiger partial charge is 0.368 e. The lowest BCUT2D eigenvalue weighted by Crippen LogP contribution is -2.14. The number of benzene rings is 1. The Balaban J connectivity index is 2.02. The number of allylic oxidation sites excluding steroid dienone is 2. The zero-order chi connectivity index (χ0) is 15.2. The normalized spacial score (nSPS) is 19.1. The van der Waals surface area contributed by atoms with E-state index >= 15 is 0 Å². The van der Waals surface area contributed by atoms with Crippen molar-refractivity contribution in [2.45, 2.75) is 38.4 Å². The van der Waals surface area contributed by atoms with E-state index in [1.807, 2.05) is 24.3 Å². The van der Waals surface area contributed by atoms with Crippen molar-refractivity contribution in [3.05, 3.63) is 47.5 Å². The molecule has 0 aliphatic heterocycles. The third kappa shape index (κ3) is 4.92. The molecule has 2 N–H and O–H groups in total. The summed E-state index contributed by atoms with van der Waals surface area (Å²) in [5.41, 5.74) is 2.06. The molecule has 0 bridgehead atoms. The molecular weight excluding hydrogens is 268 g/mol. The first-order valence-corrected chi connectivity index (χ1v) is 7.23. The van der Waals surface area contributed by atoms with E-state index in [4.69, 9.17) is 10.2 Å². The molecule has 1 aliphatic rings. The summed E-state index contributed by atoms with van der Waals surface area (Å²) in [5.74, 6) is -0.125. The predicted molar refractivity (Wildman–Crippen MR) is 78.6 cm³/mol. The minimum atomic E-state index is -1.30. The summed E-state index contributed by atoms with van der Waals surface area (Å²) in [5, 5.41) is 17.8. The van der Waals surface area contributed by atoms with Gasteiger partial charge in [-0.05, 0) is 42.5 Å². The van der Waals surface area contributed by atoms with E-state index in [1.54, 1.807) is 0 Å². The summed E-state index contributed by atoms with van der Waals surface area (Å²) in [6, 6.07) is 7.80. The first-order valence-electron chi connectivity index (χ1n) is 7.23. The van der Waals surface area contributed by atoms with Gasteiger partial charge in [-0.2, -0.15) is 0 Å². The highest BCUT2D eigenvalue weighted by Gasteiger charge is 2.20. The Morgan fingerprint density at radius 2 is 1.90 bits per heavy atom. The number of rotatable bonds is 5. The Morgan fingerprint density at radius 1 is 1.14 bits per heavy atom. The summed E-state index contributed by atoms with van der Waals surface area (Å²) in [6.45, 7) is 0. The highest BCUT2D eigenvalue weighted by Crippen LogP contribution is 2.20. The number of ketones is 2. The number of hydrogen-bond acceptors (Lipinski definition) is 4. The fourth-order valence-electron chi connectivity index (χ4n) is 2.55. The maximum absolute atomic E-state index is 12.0. The summed E-state index contributed by atoms with van der Waals surface area (Å²) >= 11 is 0. The van der Waals surface area contributed by atoms with Crippen LogP contribution >= 0.6 is 0 Å². The van der Waals surface area contributed by atoms with Gasteiger partial charge >= 0.3 is 0 Å². The Labute approximate surface area is 124 Å². The molecule has 4 heteroatoms. The van der Waals surface area contributed by atoms with E-state index in [-0.39, 0.29) is 17.5 Å². The molecule has 4 nitrogen and oxygen atoms in total. The smallest absolute Gasteiger partial charge is 0.159 e. The van der Waals surface area contributed by atoms with Crippen LogP contribution in [0, 0.1) is 5.92 Å². The number of carbonyl (C=O) groups is 2. The van der Waals surface area contributed by atoms with Crippen LogP contribution in [0.15, 0.2) is 36.4 Å². The second-order valence-electron chi connectivity index (χ2n) is 5.48. The Hall–Kier alpha value is -1.78. The molecule has 1 aromatic rings. The molecule has 1 aliphatic carbocycles. The molecule has 0 saturated carbocycles. The average molecular weight is 288 g/mol. The molecular formula is C17H20O4. The second kappa shape index (κ2) is 7.29. The van der Waals surface area contributed by atoms with Crippen LogP contribution < -0.4 is 0 Å². The van der Waals surface area contributed by atoms with Crippen molar-refractivity contribution >= 4 is 11.6 Å². The fourth-order valence-corrected chi connectivity index (χ4v) is 2.55. The first kappa shape index (κ1) is 15.6. The minimum absolute atomic E-state index is 0.0107. The molecule has 2 rings (SSSR count). The summed E-state index contributed by atoms with van der Waals surface area (Å²) in [6.07, 6.45) is 3.98. The average Bonchev–Trinajstić information content (AvgIpc) is 2.61. The van der Waals surface area contributed by atoms with Crippen molar-refractivity contribution in [1.29, 1.82) is 0 Å². The number of aryl methyl sites for hydroxylation is 1. The molecule has 0 saturated heterocycles. The summed E-state index contributed by atoms with van der Waals surface area (Å²) in [7, 11) is 0. The van der Waals surface area contributed by atoms with Crippen molar-refractivity contribution in [2.75, 3.05) is 0 Å². The van der Waals surface area contributed by atoms with Gasteiger partial charge in [-0.15, -0.1) is 0 Å². The highest BCUT2D eigenvalue weighted by molar-refractivity contribution is 6.01. The van der Waals surface area contributed by atoms with Gasteiger partial charge in [-0.1, -0.05) is 24.3 Å². The minimum Gasteiger partial charge on any atom is -0.368 e. The van der Waals surface area contributed by atoms with Gasteiger partial charge in [0.15, 0.2) is 17.9 Å². The molecule has 0 spiro atoms. The van der Waals surface area contributed by atoms with E-state index in [9.17, 15) is 9.59 Å². The lowest BCUT2D eigenvalue weighted by Gasteiger charge is -2.13. The molecule has 0 radical (unpaired) electrons. The van der Waals surface area contributed by atoms with E-state index in [0.29, 0.717) is 32.1 Å². The quantitative estimate of drug-likeness (QED) is 0.807. The highest BCUT2D eigenvalue weighted by atomic mass is 16.5. The van der Waals surface area contributed by atoms with Gasteiger partial charge in [0.2, 0.25) is 0 Å². The fraction of sp³-hybridized carbons (Fsp3) is 0.412.